The summed E-state index contributed by atoms with van der Waals surface area (Å²) in [5.74, 6) is 0. The van der Waals surface area contributed by atoms with E-state index in [0.717, 1.165) is 66.1 Å². The quantitative estimate of drug-likeness (QED) is 0.238. The molecule has 4 heteroatoms. The van der Waals surface area contributed by atoms with Crippen LogP contribution in [0.25, 0.3) is 66.1 Å². The van der Waals surface area contributed by atoms with Gasteiger partial charge in [0.15, 0.2) is 0 Å². The summed E-state index contributed by atoms with van der Waals surface area (Å²) in [5.41, 5.74) is 8.57. The molecule has 3 aromatic heterocycles. The predicted octanol–water partition coefficient (Wildman–Crippen LogP) is 8.81. The predicted molar refractivity (Wildman–Crippen MR) is 163 cm³/mol. The van der Waals surface area contributed by atoms with Gasteiger partial charge in [-0.05, 0) is 48.0 Å². The molecule has 0 unspecified atom stereocenters. The van der Waals surface area contributed by atoms with Crippen molar-refractivity contribution < 1.29 is 0 Å². The van der Waals surface area contributed by atoms with Crippen molar-refractivity contribution in [2.75, 3.05) is 0 Å². The van der Waals surface area contributed by atoms with Gasteiger partial charge in [0.25, 0.3) is 0 Å². The van der Waals surface area contributed by atoms with Crippen molar-refractivity contribution >= 4 is 43.6 Å². The van der Waals surface area contributed by atoms with Gasteiger partial charge in [0.1, 0.15) is 11.6 Å². The second-order valence-corrected chi connectivity index (χ2v) is 9.98. The van der Waals surface area contributed by atoms with Crippen LogP contribution in [0.2, 0.25) is 0 Å². The zero-order valence-corrected chi connectivity index (χ0v) is 21.5. The van der Waals surface area contributed by atoms with Gasteiger partial charge >= 0.3 is 0 Å². The molecule has 0 aliphatic rings. The van der Waals surface area contributed by atoms with E-state index in [1.165, 1.54) is 0 Å². The zero-order valence-electron chi connectivity index (χ0n) is 21.5. The largest absolute Gasteiger partial charge is 0.308 e. The van der Waals surface area contributed by atoms with Crippen LogP contribution in [-0.4, -0.2) is 14.1 Å². The molecule has 0 amide bonds. The second kappa shape index (κ2) is 8.69. The van der Waals surface area contributed by atoms with Crippen molar-refractivity contribution in [1.82, 2.24) is 14.1 Å². The summed E-state index contributed by atoms with van der Waals surface area (Å²) in [6.07, 6.45) is 3.67. The molecule has 0 atom stereocenters. The Morgan fingerprint density at radius 3 is 1.30 bits per heavy atom. The number of nitriles is 1. The fourth-order valence-electron chi connectivity index (χ4n) is 6.14. The molecule has 0 saturated carbocycles. The van der Waals surface area contributed by atoms with Crippen molar-refractivity contribution in [3.63, 3.8) is 0 Å². The third kappa shape index (κ3) is 3.15. The van der Waals surface area contributed by atoms with Gasteiger partial charge in [0.2, 0.25) is 0 Å². The van der Waals surface area contributed by atoms with Gasteiger partial charge in [-0.2, -0.15) is 5.26 Å². The van der Waals surface area contributed by atoms with E-state index >= 15 is 0 Å². The van der Waals surface area contributed by atoms with Gasteiger partial charge in [0.05, 0.1) is 33.4 Å². The summed E-state index contributed by atoms with van der Waals surface area (Å²) >= 11 is 0. The lowest BCUT2D eigenvalue weighted by molar-refractivity contribution is 1.12. The van der Waals surface area contributed by atoms with Gasteiger partial charge < -0.3 is 9.13 Å². The van der Waals surface area contributed by atoms with Gasteiger partial charge in [-0.1, -0.05) is 78.9 Å². The number of benzene rings is 5. The Morgan fingerprint density at radius 2 is 0.925 bits per heavy atom. The second-order valence-electron chi connectivity index (χ2n) is 9.98. The number of aromatic nitrogens is 3. The topological polar surface area (TPSA) is 46.5 Å². The van der Waals surface area contributed by atoms with Crippen LogP contribution >= 0.6 is 0 Å². The molecule has 8 aromatic rings. The summed E-state index contributed by atoms with van der Waals surface area (Å²) < 4.78 is 4.47. The third-order valence-electron chi connectivity index (χ3n) is 7.85. The van der Waals surface area contributed by atoms with Crippen LogP contribution in [0.5, 0.6) is 0 Å². The van der Waals surface area contributed by atoms with E-state index < -0.39 is 0 Å². The maximum Gasteiger partial charge on any atom is 0.104 e. The molecule has 0 fully saturated rings. The first-order valence-electron chi connectivity index (χ1n) is 13.3. The lowest BCUT2D eigenvalue weighted by Crippen LogP contribution is -2.05. The van der Waals surface area contributed by atoms with Gasteiger partial charge in [-0.25, -0.2) is 0 Å². The molecule has 40 heavy (non-hydrogen) atoms. The maximum absolute atomic E-state index is 10.9. The van der Waals surface area contributed by atoms with Crippen LogP contribution in [0.4, 0.5) is 0 Å². The van der Waals surface area contributed by atoms with E-state index in [4.69, 9.17) is 0 Å². The highest BCUT2D eigenvalue weighted by Crippen LogP contribution is 2.39. The van der Waals surface area contributed by atoms with Crippen molar-refractivity contribution in [2.45, 2.75) is 0 Å². The smallest absolute Gasteiger partial charge is 0.104 e. The number of para-hydroxylation sites is 4. The fraction of sp³-hybridized carbons (Fsp3) is 0. The van der Waals surface area contributed by atoms with E-state index in [1.54, 1.807) is 6.20 Å². The molecular formula is C36H22N4. The minimum atomic E-state index is 0.616. The van der Waals surface area contributed by atoms with Gasteiger partial charge in [-0.3, -0.25) is 4.98 Å². The van der Waals surface area contributed by atoms with Crippen LogP contribution in [0.1, 0.15) is 5.56 Å². The Hall–Kier alpha value is -5.66. The first-order chi connectivity index (χ1) is 19.8. The van der Waals surface area contributed by atoms with Crippen LogP contribution in [0, 0.1) is 11.3 Å². The molecule has 0 saturated heterocycles. The molecule has 0 aliphatic heterocycles. The lowest BCUT2D eigenvalue weighted by atomic mass is 10.0. The molecule has 3 heterocycles. The molecule has 0 aliphatic carbocycles. The fourth-order valence-corrected chi connectivity index (χ4v) is 6.14. The molecule has 186 valence electrons. The van der Waals surface area contributed by atoms with Crippen molar-refractivity contribution in [1.29, 1.82) is 5.26 Å². The molecule has 0 radical (unpaired) electrons. The minimum absolute atomic E-state index is 0.616. The third-order valence-corrected chi connectivity index (χ3v) is 7.85. The molecular weight excluding hydrogens is 488 g/mol. The Balaban J connectivity index is 1.57. The van der Waals surface area contributed by atoms with E-state index in [1.807, 2.05) is 12.3 Å². The normalized spacial score (nSPS) is 11.5. The molecule has 0 N–H and O–H groups in total. The monoisotopic (exact) mass is 510 g/mol. The number of pyridine rings is 1. The van der Waals surface area contributed by atoms with Gasteiger partial charge in [-0.15, -0.1) is 0 Å². The number of nitrogens with zero attached hydrogens (tertiary/aromatic N) is 4. The molecule has 8 rings (SSSR count). The zero-order chi connectivity index (χ0) is 26.6. The van der Waals surface area contributed by atoms with Crippen molar-refractivity contribution in [3.05, 3.63) is 139 Å². The Bertz CT molecular complexity index is 2040. The van der Waals surface area contributed by atoms with E-state index in [9.17, 15) is 5.26 Å². The van der Waals surface area contributed by atoms with Crippen molar-refractivity contribution in [3.8, 4) is 28.6 Å². The van der Waals surface area contributed by atoms with E-state index in [0.29, 0.717) is 5.56 Å². The lowest BCUT2D eigenvalue weighted by Gasteiger charge is -2.18. The highest BCUT2D eigenvalue weighted by Gasteiger charge is 2.22. The number of rotatable bonds is 3. The summed E-state index contributed by atoms with van der Waals surface area (Å²) in [6.45, 7) is 0. The Labute approximate surface area is 230 Å². The maximum atomic E-state index is 10.9. The molecule has 0 spiro atoms. The van der Waals surface area contributed by atoms with E-state index in [2.05, 4.69) is 135 Å². The minimum Gasteiger partial charge on any atom is -0.308 e. The van der Waals surface area contributed by atoms with Crippen LogP contribution in [0.15, 0.2) is 134 Å². The summed E-state index contributed by atoms with van der Waals surface area (Å²) in [7, 11) is 0. The number of hydrogen-bond acceptors (Lipinski definition) is 2. The summed E-state index contributed by atoms with van der Waals surface area (Å²) in [5, 5.41) is 15.5. The molecule has 5 aromatic carbocycles. The molecule has 4 nitrogen and oxygen atoms in total. The standard InChI is InChI=1S/C36H22N4/c37-22-30-35(39-31-15-5-1-11-26(31)27-12-2-6-16-32(27)39)20-25(24-10-9-19-38-23-24)21-36(30)40-33-17-7-3-13-28(33)29-14-4-8-18-34(29)40/h1-21,23H. The first-order valence-corrected chi connectivity index (χ1v) is 13.3. The number of fused-ring (bicyclic) bond motifs is 6. The SMILES string of the molecule is N#Cc1c(-n2c3ccccc3c3ccccc32)cc(-c2cccnc2)cc1-n1c2ccccc2c2ccccc21. The van der Waals surface area contributed by atoms with Crippen LogP contribution < -0.4 is 0 Å². The Kier molecular flexibility index (Phi) is 4.85. The van der Waals surface area contributed by atoms with Crippen LogP contribution in [-0.2, 0) is 0 Å². The summed E-state index contributed by atoms with van der Waals surface area (Å²) in [4.78, 5) is 4.41. The Morgan fingerprint density at radius 1 is 0.500 bits per heavy atom. The highest BCUT2D eigenvalue weighted by atomic mass is 15.0. The summed E-state index contributed by atoms with van der Waals surface area (Å²) in [6, 6.07) is 44.6. The number of hydrogen-bond donors (Lipinski definition) is 0. The average Bonchev–Trinajstić information content (AvgIpc) is 3.54. The first kappa shape index (κ1) is 22.3. The van der Waals surface area contributed by atoms with Gasteiger partial charge in [0, 0.05) is 39.5 Å². The van der Waals surface area contributed by atoms with Crippen LogP contribution in [0.3, 0.4) is 0 Å². The highest BCUT2D eigenvalue weighted by molar-refractivity contribution is 6.11. The van der Waals surface area contributed by atoms with E-state index in [-0.39, 0.29) is 0 Å². The average molecular weight is 511 g/mol. The molecule has 0 bridgehead atoms. The van der Waals surface area contributed by atoms with Crippen molar-refractivity contribution in [2.24, 2.45) is 0 Å².